The van der Waals surface area contributed by atoms with Gasteiger partial charge in [0.1, 0.15) is 6.04 Å². The zero-order valence-corrected chi connectivity index (χ0v) is 24.7. The smallest absolute Gasteiger partial charge is 0.409 e. The van der Waals surface area contributed by atoms with E-state index in [4.69, 9.17) is 4.74 Å². The number of ether oxygens (including phenoxy) is 1. The largest absolute Gasteiger partial charge is 0.481 e. The van der Waals surface area contributed by atoms with Crippen LogP contribution in [-0.4, -0.2) is 96.0 Å². The number of sulfonamides is 1. The molecule has 14 nitrogen and oxygen atoms in total. The lowest BCUT2D eigenvalue weighted by molar-refractivity contribution is -0.138. The highest BCUT2D eigenvalue weighted by Crippen LogP contribution is 2.23. The highest BCUT2D eigenvalue weighted by atomic mass is 32.2. The molecule has 0 aliphatic carbocycles. The zero-order valence-electron chi connectivity index (χ0n) is 23.9. The van der Waals surface area contributed by atoms with Crippen LogP contribution in [0.4, 0.5) is 10.5 Å². The Morgan fingerprint density at radius 3 is 2.18 bits per heavy atom. The van der Waals surface area contributed by atoms with Crippen LogP contribution in [0.1, 0.15) is 30.3 Å². The first-order valence-corrected chi connectivity index (χ1v) is 15.3. The third-order valence-electron chi connectivity index (χ3n) is 6.70. The second-order valence-corrected chi connectivity index (χ2v) is 11.4. The van der Waals surface area contributed by atoms with Gasteiger partial charge in [0.2, 0.25) is 5.91 Å². The molecule has 15 heteroatoms. The Morgan fingerprint density at radius 2 is 1.57 bits per heavy atom. The number of nitrogens with one attached hydrogen (secondary N) is 2. The van der Waals surface area contributed by atoms with Gasteiger partial charge >= 0.3 is 12.1 Å². The molecular formula is C29H32N6O8S. The number of carboxylic acid groups (broad SMARTS) is 1. The molecule has 1 saturated heterocycles. The summed E-state index contributed by atoms with van der Waals surface area (Å²) in [6, 6.07) is 14.9. The molecule has 3 N–H and O–H groups in total. The lowest BCUT2D eigenvalue weighted by Crippen LogP contribution is -2.56. The number of hydrogen-bond acceptors (Lipinski definition) is 9. The van der Waals surface area contributed by atoms with E-state index in [0.717, 1.165) is 6.20 Å². The quantitative estimate of drug-likeness (QED) is 0.285. The molecular weight excluding hydrogens is 592 g/mol. The summed E-state index contributed by atoms with van der Waals surface area (Å²) >= 11 is 0. The van der Waals surface area contributed by atoms with E-state index in [1.165, 1.54) is 21.9 Å². The number of carbonyl (C=O) groups is 4. The van der Waals surface area contributed by atoms with Crippen LogP contribution in [0.25, 0.3) is 11.4 Å². The van der Waals surface area contributed by atoms with Gasteiger partial charge in [0.05, 0.1) is 23.4 Å². The maximum Gasteiger partial charge on any atom is 0.409 e. The van der Waals surface area contributed by atoms with Crippen molar-refractivity contribution in [2.24, 2.45) is 0 Å². The van der Waals surface area contributed by atoms with E-state index < -0.39 is 46.4 Å². The van der Waals surface area contributed by atoms with Crippen LogP contribution in [0.3, 0.4) is 0 Å². The van der Waals surface area contributed by atoms with Crippen molar-refractivity contribution in [3.63, 3.8) is 0 Å². The fraction of sp³-hybridized carbons (Fsp3) is 0.310. The number of rotatable bonds is 11. The summed E-state index contributed by atoms with van der Waals surface area (Å²) in [6.45, 7) is 2.57. The van der Waals surface area contributed by atoms with Gasteiger partial charge in [0, 0.05) is 38.2 Å². The number of amides is 3. The molecule has 3 aromatic rings. The predicted molar refractivity (Wildman–Crippen MR) is 158 cm³/mol. The van der Waals surface area contributed by atoms with Crippen LogP contribution in [0.15, 0.2) is 71.8 Å². The number of piperazine rings is 1. The van der Waals surface area contributed by atoms with Gasteiger partial charge in [-0.1, -0.05) is 48.5 Å². The van der Waals surface area contributed by atoms with Crippen molar-refractivity contribution in [3.05, 3.63) is 72.6 Å². The Morgan fingerprint density at radius 1 is 0.955 bits per heavy atom. The second-order valence-electron chi connectivity index (χ2n) is 9.71. The van der Waals surface area contributed by atoms with Crippen LogP contribution < -0.4 is 10.0 Å². The molecule has 44 heavy (non-hydrogen) atoms. The minimum Gasteiger partial charge on any atom is -0.481 e. The molecule has 0 spiro atoms. The number of carbonyl (C=O) groups excluding carboxylic acids is 3. The Hall–Kier alpha value is -5.05. The Labute approximate surface area is 254 Å². The SMILES string of the molecule is CCOC(=O)N1CCN(C(=O)C(CCC(=O)O)NC(=O)c2nc(-c3ccccc3)ncc2NS(=O)(=O)c2ccccc2)CC1. The Balaban J connectivity index is 1.62. The molecule has 3 amide bonds. The summed E-state index contributed by atoms with van der Waals surface area (Å²) in [6.07, 6.45) is -0.00198. The number of benzene rings is 2. The number of carboxylic acids is 1. The van der Waals surface area contributed by atoms with E-state index in [9.17, 15) is 32.7 Å². The van der Waals surface area contributed by atoms with Crippen molar-refractivity contribution in [1.82, 2.24) is 25.1 Å². The standard InChI is InChI=1S/C29H32N6O8S/c1-2-43-29(40)35-17-15-34(16-18-35)28(39)22(13-14-24(36)37)31-27(38)25-23(33-44(41,42)21-11-7-4-8-12-21)19-30-26(32-25)20-9-5-3-6-10-20/h3-12,19,22,33H,2,13-18H2,1H3,(H,31,38)(H,36,37). The van der Waals surface area contributed by atoms with Gasteiger partial charge in [-0.05, 0) is 25.5 Å². The molecule has 1 aromatic heterocycles. The third kappa shape index (κ3) is 8.06. The van der Waals surface area contributed by atoms with E-state index >= 15 is 0 Å². The molecule has 0 bridgehead atoms. The van der Waals surface area contributed by atoms with Gasteiger partial charge in [0.15, 0.2) is 11.5 Å². The first-order valence-electron chi connectivity index (χ1n) is 13.8. The van der Waals surface area contributed by atoms with E-state index in [-0.39, 0.29) is 61.3 Å². The van der Waals surface area contributed by atoms with E-state index in [0.29, 0.717) is 5.56 Å². The molecule has 0 radical (unpaired) electrons. The fourth-order valence-corrected chi connectivity index (χ4v) is 5.53. The highest BCUT2D eigenvalue weighted by molar-refractivity contribution is 7.92. The maximum atomic E-state index is 13.7. The van der Waals surface area contributed by atoms with Crippen molar-refractivity contribution in [3.8, 4) is 11.4 Å². The highest BCUT2D eigenvalue weighted by Gasteiger charge is 2.32. The summed E-state index contributed by atoms with van der Waals surface area (Å²) in [4.78, 5) is 62.1. The second kappa shape index (κ2) is 14.4. The van der Waals surface area contributed by atoms with E-state index in [1.54, 1.807) is 55.5 Å². The molecule has 2 aromatic carbocycles. The summed E-state index contributed by atoms with van der Waals surface area (Å²) in [5.74, 6) is -2.51. The van der Waals surface area contributed by atoms with Crippen LogP contribution in [0, 0.1) is 0 Å². The number of anilines is 1. The molecule has 1 aliphatic rings. The molecule has 0 saturated carbocycles. The molecule has 1 aliphatic heterocycles. The Kier molecular flexibility index (Phi) is 10.4. The molecule has 2 heterocycles. The third-order valence-corrected chi connectivity index (χ3v) is 8.08. The molecule has 1 atom stereocenters. The van der Waals surface area contributed by atoms with Crippen molar-refractivity contribution in [2.45, 2.75) is 30.7 Å². The molecule has 4 rings (SSSR count). The molecule has 1 fully saturated rings. The average molecular weight is 625 g/mol. The van der Waals surface area contributed by atoms with Crippen LogP contribution in [0.5, 0.6) is 0 Å². The van der Waals surface area contributed by atoms with Crippen molar-refractivity contribution in [2.75, 3.05) is 37.5 Å². The van der Waals surface area contributed by atoms with Crippen molar-refractivity contribution >= 4 is 39.6 Å². The normalized spacial score (nSPS) is 13.9. The monoisotopic (exact) mass is 624 g/mol. The Bertz CT molecular complexity index is 1600. The maximum absolute atomic E-state index is 13.7. The van der Waals surface area contributed by atoms with Crippen molar-refractivity contribution in [1.29, 1.82) is 0 Å². The van der Waals surface area contributed by atoms with Gasteiger partial charge in [-0.15, -0.1) is 0 Å². The number of aromatic nitrogens is 2. The number of nitrogens with zero attached hydrogens (tertiary/aromatic N) is 4. The van der Waals surface area contributed by atoms with Crippen LogP contribution in [0.2, 0.25) is 0 Å². The predicted octanol–water partition coefficient (Wildman–Crippen LogP) is 2.21. The summed E-state index contributed by atoms with van der Waals surface area (Å²) < 4.78 is 33.6. The summed E-state index contributed by atoms with van der Waals surface area (Å²) in [7, 11) is -4.15. The average Bonchev–Trinajstić information content (AvgIpc) is 3.03. The topological polar surface area (TPSA) is 188 Å². The van der Waals surface area contributed by atoms with Gasteiger partial charge in [-0.3, -0.25) is 19.1 Å². The molecule has 1 unspecified atom stereocenters. The van der Waals surface area contributed by atoms with Gasteiger partial charge < -0.3 is 25.0 Å². The number of aliphatic carboxylic acids is 1. The first-order chi connectivity index (χ1) is 21.1. The zero-order chi connectivity index (χ0) is 31.7. The van der Waals surface area contributed by atoms with Crippen LogP contribution >= 0.6 is 0 Å². The molecule has 232 valence electrons. The van der Waals surface area contributed by atoms with Crippen molar-refractivity contribution < 1.29 is 37.4 Å². The minimum absolute atomic E-state index is 0.0602. The summed E-state index contributed by atoms with van der Waals surface area (Å²) in [5.41, 5.74) is -0.0471. The van der Waals surface area contributed by atoms with Gasteiger partial charge in [0.25, 0.3) is 15.9 Å². The lowest BCUT2D eigenvalue weighted by atomic mass is 10.1. The van der Waals surface area contributed by atoms with Gasteiger partial charge in [-0.25, -0.2) is 23.2 Å². The van der Waals surface area contributed by atoms with Crippen LogP contribution in [-0.2, 0) is 24.3 Å². The summed E-state index contributed by atoms with van der Waals surface area (Å²) in [5, 5.41) is 11.9. The lowest BCUT2D eigenvalue weighted by Gasteiger charge is -2.36. The fourth-order valence-electron chi connectivity index (χ4n) is 4.46. The van der Waals surface area contributed by atoms with E-state index in [2.05, 4.69) is 20.0 Å². The van der Waals surface area contributed by atoms with Gasteiger partial charge in [-0.2, -0.15) is 0 Å². The number of hydrogen-bond donors (Lipinski definition) is 3. The minimum atomic E-state index is -4.15. The first kappa shape index (κ1) is 31.9. The van der Waals surface area contributed by atoms with E-state index in [1.807, 2.05) is 0 Å².